The first-order valence-corrected chi connectivity index (χ1v) is 11.3. The molecular formula is C23H32N4O6. The quantitative estimate of drug-likeness (QED) is 0.465. The highest BCUT2D eigenvalue weighted by molar-refractivity contribution is 5.94. The zero-order chi connectivity index (χ0) is 24.0. The first-order chi connectivity index (χ1) is 15.9. The smallest absolute Gasteiger partial charge is 0.290 e. The number of hydrogen-bond acceptors (Lipinski definition) is 6. The third-order valence-corrected chi connectivity index (χ3v) is 6.47. The summed E-state index contributed by atoms with van der Waals surface area (Å²) in [4.78, 5) is 48.3. The van der Waals surface area contributed by atoms with Crippen LogP contribution in [0.5, 0.6) is 0 Å². The van der Waals surface area contributed by atoms with Crippen molar-refractivity contribution in [2.45, 2.75) is 69.4 Å². The van der Waals surface area contributed by atoms with Crippen LogP contribution in [0.25, 0.3) is 0 Å². The van der Waals surface area contributed by atoms with Crippen molar-refractivity contribution in [1.82, 2.24) is 20.9 Å². The zero-order valence-electron chi connectivity index (χ0n) is 19.0. The number of nitrogens with one attached hydrogen (secondary N) is 3. The van der Waals surface area contributed by atoms with E-state index in [0.29, 0.717) is 12.8 Å². The summed E-state index contributed by atoms with van der Waals surface area (Å²) in [7, 11) is 1.68. The number of rotatable bonds is 5. The summed E-state index contributed by atoms with van der Waals surface area (Å²) in [5.74, 6) is -0.659. The minimum absolute atomic E-state index is 0.0331. The Hall–Kier alpha value is -2.98. The van der Waals surface area contributed by atoms with Gasteiger partial charge in [-0.15, -0.1) is 0 Å². The van der Waals surface area contributed by atoms with Crippen molar-refractivity contribution in [3.05, 3.63) is 35.4 Å². The van der Waals surface area contributed by atoms with Crippen LogP contribution in [-0.4, -0.2) is 72.2 Å². The van der Waals surface area contributed by atoms with Crippen LogP contribution in [0.4, 0.5) is 0 Å². The molecule has 0 radical (unpaired) electrons. The molecule has 2 heterocycles. The van der Waals surface area contributed by atoms with Crippen LogP contribution < -0.4 is 16.0 Å². The van der Waals surface area contributed by atoms with E-state index in [1.54, 1.807) is 14.0 Å². The second kappa shape index (κ2) is 11.2. The van der Waals surface area contributed by atoms with E-state index in [1.807, 2.05) is 12.1 Å². The maximum atomic E-state index is 13.1. The van der Waals surface area contributed by atoms with E-state index in [-0.39, 0.29) is 36.8 Å². The van der Waals surface area contributed by atoms with Crippen molar-refractivity contribution in [2.24, 2.45) is 0 Å². The fourth-order valence-electron chi connectivity index (χ4n) is 4.66. The molecule has 2 saturated heterocycles. The van der Waals surface area contributed by atoms with Crippen LogP contribution in [0.1, 0.15) is 49.8 Å². The summed E-state index contributed by atoms with van der Waals surface area (Å²) in [6.07, 6.45) is 3.73. The molecule has 0 spiro atoms. The fourth-order valence-corrected chi connectivity index (χ4v) is 4.66. The number of carbonyl (C=O) groups is 4. The predicted molar refractivity (Wildman–Crippen MR) is 119 cm³/mol. The molecule has 0 saturated carbocycles. The van der Waals surface area contributed by atoms with Gasteiger partial charge in [-0.1, -0.05) is 24.3 Å². The van der Waals surface area contributed by atoms with Crippen LogP contribution in [0.3, 0.4) is 0 Å². The van der Waals surface area contributed by atoms with Crippen LogP contribution in [0.15, 0.2) is 24.3 Å². The number of benzene rings is 1. The molecule has 2 aliphatic heterocycles. The van der Waals surface area contributed by atoms with Gasteiger partial charge in [-0.3, -0.25) is 19.2 Å². The van der Waals surface area contributed by atoms with Gasteiger partial charge in [0.1, 0.15) is 18.3 Å². The van der Waals surface area contributed by atoms with Crippen LogP contribution in [0, 0.1) is 0 Å². The molecule has 1 unspecified atom stereocenters. The lowest BCUT2D eigenvalue weighted by Gasteiger charge is -2.38. The molecule has 33 heavy (non-hydrogen) atoms. The van der Waals surface area contributed by atoms with Crippen molar-refractivity contribution < 1.29 is 29.0 Å². The number of hydrogen-bond donors (Lipinski definition) is 4. The van der Waals surface area contributed by atoms with Crippen LogP contribution in [-0.2, 0) is 30.3 Å². The molecule has 10 nitrogen and oxygen atoms in total. The summed E-state index contributed by atoms with van der Waals surface area (Å²) in [6.45, 7) is 1.60. The molecule has 5 atom stereocenters. The molecule has 0 bridgehead atoms. The summed E-state index contributed by atoms with van der Waals surface area (Å²) in [5.41, 5.74) is 2.44. The Balaban J connectivity index is 0.000000968. The molecule has 0 aromatic heterocycles. The first kappa shape index (κ1) is 24.7. The van der Waals surface area contributed by atoms with Gasteiger partial charge < -0.3 is 30.7 Å². The lowest BCUT2D eigenvalue weighted by molar-refractivity contribution is -0.167. The number of amides is 3. The number of likely N-dealkylation sites (N-methyl/N-ethyl adjacent to an activating group) is 1. The van der Waals surface area contributed by atoms with E-state index in [4.69, 9.17) is 14.6 Å². The monoisotopic (exact) mass is 460 g/mol. The molecule has 1 aromatic carbocycles. The lowest BCUT2D eigenvalue weighted by atomic mass is 9.87. The Morgan fingerprint density at radius 2 is 1.91 bits per heavy atom. The average molecular weight is 461 g/mol. The highest BCUT2D eigenvalue weighted by atomic mass is 16.5. The van der Waals surface area contributed by atoms with Crippen molar-refractivity contribution in [2.75, 3.05) is 13.7 Å². The van der Waals surface area contributed by atoms with Crippen LogP contribution in [0.2, 0.25) is 0 Å². The van der Waals surface area contributed by atoms with Gasteiger partial charge in [-0.2, -0.15) is 0 Å². The minimum Gasteiger partial charge on any atom is -0.483 e. The second-order valence-corrected chi connectivity index (χ2v) is 8.46. The molecule has 4 rings (SSSR count). The van der Waals surface area contributed by atoms with E-state index in [9.17, 15) is 14.4 Å². The third kappa shape index (κ3) is 5.51. The van der Waals surface area contributed by atoms with Crippen molar-refractivity contribution in [3.8, 4) is 0 Å². The number of carbonyl (C=O) groups excluding carboxylic acids is 3. The largest absolute Gasteiger partial charge is 0.483 e. The minimum atomic E-state index is -0.770. The Labute approximate surface area is 193 Å². The maximum absolute atomic E-state index is 13.1. The molecular weight excluding hydrogens is 428 g/mol. The Morgan fingerprint density at radius 3 is 2.64 bits per heavy atom. The fraction of sp³-hybridized carbons (Fsp3) is 0.565. The number of carboxylic acid groups (broad SMARTS) is 1. The standard InChI is InChI=1S/C22H30N4O4.CH2O2/c1-13(23-2)20(27)25-17-12-30-19-11-10-18(26(19)22(17)29)21(28)24-16-9-5-7-14-6-3-4-8-15(14)16;2-1-3/h3-4,6,8,13,16-19,23H,5,7,9-12H2,1-2H3,(H,24,28)(H,25,27);1H,(H,2,3)/t13-,16-,17-,18?,19-;/m0./s1. The van der Waals surface area contributed by atoms with Gasteiger partial charge >= 0.3 is 0 Å². The van der Waals surface area contributed by atoms with E-state index in [1.165, 1.54) is 16.0 Å². The number of aryl methyl sites for hydroxylation is 1. The van der Waals surface area contributed by atoms with Gasteiger partial charge in [-0.25, -0.2) is 0 Å². The van der Waals surface area contributed by atoms with E-state index in [0.717, 1.165) is 19.3 Å². The molecule has 1 aromatic rings. The van der Waals surface area contributed by atoms with Crippen molar-refractivity contribution in [3.63, 3.8) is 0 Å². The predicted octanol–water partition coefficient (Wildman–Crippen LogP) is 0.321. The number of fused-ring (bicyclic) bond motifs is 2. The van der Waals surface area contributed by atoms with Gasteiger partial charge in [0, 0.05) is 0 Å². The topological polar surface area (TPSA) is 137 Å². The second-order valence-electron chi connectivity index (χ2n) is 8.46. The molecule has 10 heteroatoms. The lowest BCUT2D eigenvalue weighted by Crippen LogP contribution is -2.62. The first-order valence-electron chi connectivity index (χ1n) is 11.3. The van der Waals surface area contributed by atoms with E-state index in [2.05, 4.69) is 28.1 Å². The Kier molecular flexibility index (Phi) is 8.40. The van der Waals surface area contributed by atoms with Gasteiger partial charge in [0.15, 0.2) is 0 Å². The maximum Gasteiger partial charge on any atom is 0.290 e. The van der Waals surface area contributed by atoms with E-state index >= 15 is 0 Å². The summed E-state index contributed by atoms with van der Waals surface area (Å²) in [5, 5.41) is 15.6. The van der Waals surface area contributed by atoms with Crippen LogP contribution >= 0.6 is 0 Å². The number of nitrogens with zero attached hydrogens (tertiary/aromatic N) is 1. The van der Waals surface area contributed by atoms with E-state index < -0.39 is 24.4 Å². The molecule has 3 amide bonds. The number of ether oxygens (including phenoxy) is 1. The van der Waals surface area contributed by atoms with Gasteiger partial charge in [0.05, 0.1) is 18.7 Å². The Morgan fingerprint density at radius 1 is 1.18 bits per heavy atom. The normalized spacial score (nSPS) is 26.7. The zero-order valence-corrected chi connectivity index (χ0v) is 19.0. The summed E-state index contributed by atoms with van der Waals surface area (Å²) >= 11 is 0. The third-order valence-electron chi connectivity index (χ3n) is 6.47. The van der Waals surface area contributed by atoms with Gasteiger partial charge in [-0.05, 0) is 57.2 Å². The van der Waals surface area contributed by atoms with Gasteiger partial charge in [0.25, 0.3) is 6.47 Å². The van der Waals surface area contributed by atoms with Gasteiger partial charge in [0.2, 0.25) is 17.7 Å². The Bertz CT molecular complexity index is 878. The highest BCUT2D eigenvalue weighted by Gasteiger charge is 2.47. The average Bonchev–Trinajstić information content (AvgIpc) is 3.26. The van der Waals surface area contributed by atoms with Crippen molar-refractivity contribution >= 4 is 24.2 Å². The van der Waals surface area contributed by atoms with Crippen molar-refractivity contribution in [1.29, 1.82) is 0 Å². The molecule has 2 fully saturated rings. The molecule has 3 aliphatic rings. The molecule has 4 N–H and O–H groups in total. The summed E-state index contributed by atoms with van der Waals surface area (Å²) < 4.78 is 5.82. The summed E-state index contributed by atoms with van der Waals surface area (Å²) in [6, 6.07) is 6.41. The molecule has 180 valence electrons. The SMILES string of the molecule is CN[C@@H](C)C(=O)N[C@H]1CO[C@H]2CCC(C(=O)N[C@H]3CCCc4ccccc43)N2C1=O.O=CO. The molecule has 1 aliphatic carbocycles. The highest BCUT2D eigenvalue weighted by Crippen LogP contribution is 2.32.